The van der Waals surface area contributed by atoms with Gasteiger partial charge in [-0.25, -0.2) is 0 Å². The number of ether oxygens (including phenoxy) is 1. The molecule has 23 heavy (non-hydrogen) atoms. The van der Waals surface area contributed by atoms with Gasteiger partial charge >= 0.3 is 0 Å². The van der Waals surface area contributed by atoms with Crippen LogP contribution in [0.15, 0.2) is 18.2 Å². The Bertz CT molecular complexity index is 573. The second-order valence-corrected chi connectivity index (χ2v) is 7.22. The van der Waals surface area contributed by atoms with Crippen molar-refractivity contribution >= 4 is 5.91 Å². The van der Waals surface area contributed by atoms with Gasteiger partial charge in [-0.05, 0) is 55.4 Å². The highest BCUT2D eigenvalue weighted by atomic mass is 16.5. The van der Waals surface area contributed by atoms with E-state index in [1.165, 1.54) is 36.8 Å². The summed E-state index contributed by atoms with van der Waals surface area (Å²) in [6.07, 6.45) is 6.41. The van der Waals surface area contributed by atoms with Gasteiger partial charge in [0.2, 0.25) is 0 Å². The van der Waals surface area contributed by atoms with Crippen molar-refractivity contribution in [3.8, 4) is 0 Å². The third-order valence-corrected chi connectivity index (χ3v) is 5.64. The van der Waals surface area contributed by atoms with Gasteiger partial charge in [-0.2, -0.15) is 0 Å². The number of aryl methyl sites for hydroxylation is 2. The summed E-state index contributed by atoms with van der Waals surface area (Å²) in [5.41, 5.74) is 3.71. The van der Waals surface area contributed by atoms with Gasteiger partial charge < -0.3 is 14.5 Å². The van der Waals surface area contributed by atoms with Crippen LogP contribution in [-0.4, -0.2) is 56.2 Å². The summed E-state index contributed by atoms with van der Waals surface area (Å²) < 4.78 is 5.74. The standard InChI is InChI=1S/C19H26N2O2/c22-19(17-7-6-15-3-1-4-16(15)13-17)21-10-8-20(9-11-21)14-18-5-2-12-23-18/h6-7,13,18H,1-5,8-12,14H2/p+1/t18-/m1/s1. The van der Waals surface area contributed by atoms with E-state index in [0.29, 0.717) is 6.10 Å². The van der Waals surface area contributed by atoms with Crippen molar-refractivity contribution in [1.82, 2.24) is 4.90 Å². The number of nitrogens with zero attached hydrogens (tertiary/aromatic N) is 1. The van der Waals surface area contributed by atoms with Crippen molar-refractivity contribution in [1.29, 1.82) is 0 Å². The minimum Gasteiger partial charge on any atom is -0.372 e. The molecule has 1 N–H and O–H groups in total. The number of fused-ring (bicyclic) bond motifs is 1. The first kappa shape index (κ1) is 15.2. The molecule has 1 amide bonds. The Morgan fingerprint density at radius 3 is 2.78 bits per heavy atom. The van der Waals surface area contributed by atoms with Gasteiger partial charge in [-0.3, -0.25) is 4.79 Å². The number of benzene rings is 1. The fraction of sp³-hybridized carbons (Fsp3) is 0.632. The Morgan fingerprint density at radius 2 is 2.00 bits per heavy atom. The normalized spacial score (nSPS) is 24.9. The number of hydrogen-bond donors (Lipinski definition) is 1. The first-order chi connectivity index (χ1) is 11.3. The zero-order chi connectivity index (χ0) is 15.6. The van der Waals surface area contributed by atoms with Gasteiger partial charge in [-0.1, -0.05) is 6.07 Å². The fourth-order valence-electron chi connectivity index (χ4n) is 4.24. The molecule has 2 saturated heterocycles. The minimum atomic E-state index is 0.218. The van der Waals surface area contributed by atoms with Crippen molar-refractivity contribution in [3.05, 3.63) is 34.9 Å². The second kappa shape index (κ2) is 6.62. The fourth-order valence-corrected chi connectivity index (χ4v) is 4.24. The molecule has 0 bridgehead atoms. The van der Waals surface area contributed by atoms with Gasteiger partial charge in [0.15, 0.2) is 0 Å². The van der Waals surface area contributed by atoms with Crippen molar-refractivity contribution in [2.45, 2.75) is 38.2 Å². The van der Waals surface area contributed by atoms with Crippen LogP contribution in [0.2, 0.25) is 0 Å². The highest BCUT2D eigenvalue weighted by molar-refractivity contribution is 5.94. The van der Waals surface area contributed by atoms with E-state index >= 15 is 0 Å². The zero-order valence-electron chi connectivity index (χ0n) is 13.9. The van der Waals surface area contributed by atoms with Crippen molar-refractivity contribution < 1.29 is 14.4 Å². The summed E-state index contributed by atoms with van der Waals surface area (Å²) in [4.78, 5) is 16.4. The van der Waals surface area contributed by atoms with Gasteiger partial charge in [0.1, 0.15) is 12.6 Å². The van der Waals surface area contributed by atoms with Crippen LogP contribution in [0.1, 0.15) is 40.7 Å². The van der Waals surface area contributed by atoms with Crippen LogP contribution in [0.25, 0.3) is 0 Å². The van der Waals surface area contributed by atoms with E-state index in [4.69, 9.17) is 4.74 Å². The highest BCUT2D eigenvalue weighted by Gasteiger charge is 2.28. The molecule has 0 aromatic heterocycles. The Balaban J connectivity index is 1.33. The number of hydrogen-bond acceptors (Lipinski definition) is 2. The van der Waals surface area contributed by atoms with E-state index < -0.39 is 0 Å². The average molecular weight is 315 g/mol. The lowest BCUT2D eigenvalue weighted by Crippen LogP contribution is -3.15. The maximum Gasteiger partial charge on any atom is 0.254 e. The van der Waals surface area contributed by atoms with Crippen molar-refractivity contribution in [2.75, 3.05) is 39.3 Å². The SMILES string of the molecule is O=C(c1ccc2c(c1)CCC2)N1CC[NH+](C[C@H]2CCCO2)CC1. The topological polar surface area (TPSA) is 34.0 Å². The number of nitrogens with one attached hydrogen (secondary N) is 1. The van der Waals surface area contributed by atoms with E-state index in [-0.39, 0.29) is 5.91 Å². The molecule has 1 atom stereocenters. The highest BCUT2D eigenvalue weighted by Crippen LogP contribution is 2.23. The number of carbonyl (C=O) groups excluding carboxylic acids is 1. The Morgan fingerprint density at radius 1 is 1.17 bits per heavy atom. The number of quaternary nitrogens is 1. The third-order valence-electron chi connectivity index (χ3n) is 5.64. The second-order valence-electron chi connectivity index (χ2n) is 7.22. The van der Waals surface area contributed by atoms with E-state index in [1.807, 2.05) is 11.0 Å². The lowest BCUT2D eigenvalue weighted by atomic mass is 10.1. The predicted octanol–water partition coefficient (Wildman–Crippen LogP) is 0.695. The van der Waals surface area contributed by atoms with Crippen molar-refractivity contribution in [3.63, 3.8) is 0 Å². The molecule has 1 aromatic rings. The summed E-state index contributed by atoms with van der Waals surface area (Å²) >= 11 is 0. The van der Waals surface area contributed by atoms with Gasteiger partial charge in [0, 0.05) is 12.2 Å². The maximum absolute atomic E-state index is 12.7. The molecule has 2 heterocycles. The van der Waals surface area contributed by atoms with E-state index in [0.717, 1.165) is 51.3 Å². The summed E-state index contributed by atoms with van der Waals surface area (Å²) in [5, 5.41) is 0. The molecular formula is C19H27N2O2+. The molecule has 2 aliphatic heterocycles. The summed E-state index contributed by atoms with van der Waals surface area (Å²) in [7, 11) is 0. The summed E-state index contributed by atoms with van der Waals surface area (Å²) in [5.74, 6) is 0.218. The molecule has 1 aromatic carbocycles. The summed E-state index contributed by atoms with van der Waals surface area (Å²) in [6, 6.07) is 6.32. The smallest absolute Gasteiger partial charge is 0.254 e. The van der Waals surface area contributed by atoms with Gasteiger partial charge in [0.05, 0.1) is 26.2 Å². The first-order valence-electron chi connectivity index (χ1n) is 9.16. The largest absolute Gasteiger partial charge is 0.372 e. The molecule has 0 saturated carbocycles. The molecule has 4 nitrogen and oxygen atoms in total. The molecule has 124 valence electrons. The molecule has 2 fully saturated rings. The quantitative estimate of drug-likeness (QED) is 0.891. The van der Waals surface area contributed by atoms with Gasteiger partial charge in [0.25, 0.3) is 5.91 Å². The monoisotopic (exact) mass is 315 g/mol. The number of rotatable bonds is 3. The van der Waals surface area contributed by atoms with Crippen molar-refractivity contribution in [2.24, 2.45) is 0 Å². The first-order valence-corrected chi connectivity index (χ1v) is 9.16. The Hall–Kier alpha value is -1.39. The zero-order valence-corrected chi connectivity index (χ0v) is 13.9. The summed E-state index contributed by atoms with van der Waals surface area (Å²) in [6.45, 7) is 5.89. The molecule has 4 heteroatoms. The third kappa shape index (κ3) is 3.29. The van der Waals surface area contributed by atoms with Crippen LogP contribution >= 0.6 is 0 Å². The Labute approximate surface area is 138 Å². The van der Waals surface area contributed by atoms with Crippen LogP contribution in [0.3, 0.4) is 0 Å². The van der Waals surface area contributed by atoms with Crippen LogP contribution in [0.4, 0.5) is 0 Å². The van der Waals surface area contributed by atoms with Crippen LogP contribution < -0.4 is 4.90 Å². The van der Waals surface area contributed by atoms with E-state index in [2.05, 4.69) is 12.1 Å². The molecule has 4 rings (SSSR count). The maximum atomic E-state index is 12.7. The molecule has 0 radical (unpaired) electrons. The number of amides is 1. The molecular weight excluding hydrogens is 288 g/mol. The molecule has 0 unspecified atom stereocenters. The van der Waals surface area contributed by atoms with E-state index in [9.17, 15) is 4.79 Å². The van der Waals surface area contributed by atoms with Crippen LogP contribution in [0.5, 0.6) is 0 Å². The molecule has 0 spiro atoms. The van der Waals surface area contributed by atoms with Crippen LogP contribution in [-0.2, 0) is 17.6 Å². The number of piperazine rings is 1. The predicted molar refractivity (Wildman–Crippen MR) is 88.9 cm³/mol. The minimum absolute atomic E-state index is 0.218. The molecule has 1 aliphatic carbocycles. The van der Waals surface area contributed by atoms with Crippen LogP contribution in [0, 0.1) is 0 Å². The van der Waals surface area contributed by atoms with Gasteiger partial charge in [-0.15, -0.1) is 0 Å². The lowest BCUT2D eigenvalue weighted by molar-refractivity contribution is -0.906. The lowest BCUT2D eigenvalue weighted by Gasteiger charge is -2.33. The van der Waals surface area contributed by atoms with E-state index in [1.54, 1.807) is 4.90 Å². The Kier molecular flexibility index (Phi) is 4.36. The average Bonchev–Trinajstić information content (AvgIpc) is 3.25. The number of carbonyl (C=O) groups is 1. The molecule has 3 aliphatic rings.